The predicted octanol–water partition coefficient (Wildman–Crippen LogP) is 2.52. The fourth-order valence-corrected chi connectivity index (χ4v) is 3.16. The molecule has 0 amide bonds. The molecule has 2 N–H and O–H groups in total. The van der Waals surface area contributed by atoms with E-state index in [1.54, 1.807) is 6.20 Å². The third-order valence-corrected chi connectivity index (χ3v) is 4.69. The van der Waals surface area contributed by atoms with E-state index in [0.29, 0.717) is 12.0 Å². The third-order valence-electron chi connectivity index (χ3n) is 4.69. The zero-order valence-corrected chi connectivity index (χ0v) is 13.3. The van der Waals surface area contributed by atoms with Crippen LogP contribution in [0, 0.1) is 0 Å². The number of aromatic amines is 1. The van der Waals surface area contributed by atoms with Crippen molar-refractivity contribution in [3.05, 3.63) is 24.4 Å². The van der Waals surface area contributed by atoms with Crippen molar-refractivity contribution in [3.63, 3.8) is 0 Å². The van der Waals surface area contributed by atoms with Gasteiger partial charge in [0.2, 0.25) is 0 Å². The number of rotatable bonds is 4. The molecule has 0 radical (unpaired) electrons. The van der Waals surface area contributed by atoms with Crippen molar-refractivity contribution in [1.29, 1.82) is 0 Å². The SMILES string of the molecule is c1nn(C2CCOCC2)cc1Nc1nc(C2CC2)nc2cn[nH]c12. The number of H-pyrrole nitrogens is 1. The van der Waals surface area contributed by atoms with E-state index in [-0.39, 0.29) is 0 Å². The highest BCUT2D eigenvalue weighted by molar-refractivity contribution is 5.86. The van der Waals surface area contributed by atoms with E-state index in [0.717, 1.165) is 54.4 Å². The van der Waals surface area contributed by atoms with Gasteiger partial charge in [0.15, 0.2) is 5.82 Å². The van der Waals surface area contributed by atoms with Gasteiger partial charge >= 0.3 is 0 Å². The molecule has 2 fully saturated rings. The molecular formula is C16H19N7O. The number of ether oxygens (including phenoxy) is 1. The normalized spacial score (nSPS) is 19.0. The van der Waals surface area contributed by atoms with E-state index < -0.39 is 0 Å². The average molecular weight is 325 g/mol. The lowest BCUT2D eigenvalue weighted by Crippen LogP contribution is -2.19. The molecule has 0 aromatic carbocycles. The number of nitrogens with one attached hydrogen (secondary N) is 2. The minimum absolute atomic E-state index is 0.411. The summed E-state index contributed by atoms with van der Waals surface area (Å²) in [5, 5.41) is 15.0. The van der Waals surface area contributed by atoms with Gasteiger partial charge in [0, 0.05) is 25.3 Å². The van der Waals surface area contributed by atoms with Gasteiger partial charge in [-0.25, -0.2) is 9.97 Å². The van der Waals surface area contributed by atoms with Crippen molar-refractivity contribution in [1.82, 2.24) is 29.9 Å². The zero-order valence-electron chi connectivity index (χ0n) is 13.3. The summed E-state index contributed by atoms with van der Waals surface area (Å²) < 4.78 is 7.45. The number of hydrogen-bond donors (Lipinski definition) is 2. The summed E-state index contributed by atoms with van der Waals surface area (Å²) in [6.45, 7) is 1.61. The molecule has 8 heteroatoms. The van der Waals surface area contributed by atoms with E-state index in [4.69, 9.17) is 9.72 Å². The summed E-state index contributed by atoms with van der Waals surface area (Å²) in [6, 6.07) is 0.411. The Morgan fingerprint density at radius 3 is 2.83 bits per heavy atom. The lowest BCUT2D eigenvalue weighted by molar-refractivity contribution is 0.0662. The molecule has 4 heterocycles. The average Bonchev–Trinajstić information content (AvgIpc) is 3.17. The molecule has 5 rings (SSSR count). The Balaban J connectivity index is 1.44. The van der Waals surface area contributed by atoms with E-state index in [2.05, 4.69) is 25.6 Å². The van der Waals surface area contributed by atoms with Crippen molar-refractivity contribution in [3.8, 4) is 0 Å². The first kappa shape index (κ1) is 13.9. The molecule has 124 valence electrons. The van der Waals surface area contributed by atoms with Crippen molar-refractivity contribution in [2.24, 2.45) is 0 Å². The predicted molar refractivity (Wildman–Crippen MR) is 88.3 cm³/mol. The van der Waals surface area contributed by atoms with Gasteiger partial charge in [0.25, 0.3) is 0 Å². The summed E-state index contributed by atoms with van der Waals surface area (Å²) in [7, 11) is 0. The second kappa shape index (κ2) is 5.55. The molecule has 24 heavy (non-hydrogen) atoms. The number of hydrogen-bond acceptors (Lipinski definition) is 6. The molecule has 0 bridgehead atoms. The smallest absolute Gasteiger partial charge is 0.160 e. The second-order valence-corrected chi connectivity index (χ2v) is 6.51. The maximum Gasteiger partial charge on any atom is 0.160 e. The van der Waals surface area contributed by atoms with Crippen LogP contribution >= 0.6 is 0 Å². The molecular weight excluding hydrogens is 306 g/mol. The highest BCUT2D eigenvalue weighted by Gasteiger charge is 2.28. The molecule has 1 saturated heterocycles. The molecule has 1 aliphatic heterocycles. The van der Waals surface area contributed by atoms with Crippen molar-refractivity contribution in [2.45, 2.75) is 37.6 Å². The molecule has 8 nitrogen and oxygen atoms in total. The van der Waals surface area contributed by atoms with Gasteiger partial charge in [0.05, 0.1) is 24.1 Å². The first-order valence-corrected chi connectivity index (χ1v) is 8.47. The summed E-state index contributed by atoms with van der Waals surface area (Å²) in [4.78, 5) is 9.30. The zero-order chi connectivity index (χ0) is 15.9. The molecule has 0 atom stereocenters. The maximum absolute atomic E-state index is 5.42. The fraction of sp³-hybridized carbons (Fsp3) is 0.500. The van der Waals surface area contributed by atoms with Gasteiger partial charge in [0.1, 0.15) is 16.9 Å². The van der Waals surface area contributed by atoms with Crippen LogP contribution in [0.25, 0.3) is 11.0 Å². The Hall–Kier alpha value is -2.48. The number of aromatic nitrogens is 6. The Kier molecular flexibility index (Phi) is 3.22. The molecule has 0 unspecified atom stereocenters. The standard InChI is InChI=1S/C16H19N7O/c1-2-10(1)15-20-13-8-17-22-14(13)16(21-15)19-11-7-18-23(9-11)12-3-5-24-6-4-12/h7-10,12H,1-6H2,(H,17,22)(H,19,20,21). The van der Waals surface area contributed by atoms with Crippen LogP contribution in [0.15, 0.2) is 18.6 Å². The van der Waals surface area contributed by atoms with Crippen LogP contribution in [-0.2, 0) is 4.74 Å². The Morgan fingerprint density at radius 1 is 1.12 bits per heavy atom. The van der Waals surface area contributed by atoms with E-state index in [9.17, 15) is 0 Å². The molecule has 1 saturated carbocycles. The van der Waals surface area contributed by atoms with E-state index in [1.807, 2.05) is 17.1 Å². The number of fused-ring (bicyclic) bond motifs is 1. The molecule has 0 spiro atoms. The van der Waals surface area contributed by atoms with Crippen LogP contribution < -0.4 is 5.32 Å². The maximum atomic E-state index is 5.42. The monoisotopic (exact) mass is 325 g/mol. The largest absolute Gasteiger partial charge is 0.381 e. The fourth-order valence-electron chi connectivity index (χ4n) is 3.16. The Morgan fingerprint density at radius 2 is 2.00 bits per heavy atom. The highest BCUT2D eigenvalue weighted by Crippen LogP contribution is 2.39. The lowest BCUT2D eigenvalue weighted by atomic mass is 10.1. The minimum atomic E-state index is 0.411. The van der Waals surface area contributed by atoms with Gasteiger partial charge < -0.3 is 10.1 Å². The van der Waals surface area contributed by atoms with Crippen LogP contribution in [0.5, 0.6) is 0 Å². The van der Waals surface area contributed by atoms with Crippen LogP contribution in [0.1, 0.15) is 43.5 Å². The quantitative estimate of drug-likeness (QED) is 0.765. The topological polar surface area (TPSA) is 93.5 Å². The molecule has 1 aliphatic carbocycles. The summed E-state index contributed by atoms with van der Waals surface area (Å²) >= 11 is 0. The highest BCUT2D eigenvalue weighted by atomic mass is 16.5. The van der Waals surface area contributed by atoms with Crippen molar-refractivity contribution in [2.75, 3.05) is 18.5 Å². The van der Waals surface area contributed by atoms with Crippen molar-refractivity contribution >= 4 is 22.5 Å². The first-order valence-electron chi connectivity index (χ1n) is 8.47. The second-order valence-electron chi connectivity index (χ2n) is 6.51. The van der Waals surface area contributed by atoms with Crippen molar-refractivity contribution < 1.29 is 4.74 Å². The number of anilines is 2. The molecule has 3 aromatic rings. The summed E-state index contributed by atoms with van der Waals surface area (Å²) in [6.07, 6.45) is 9.98. The van der Waals surface area contributed by atoms with Gasteiger partial charge in [-0.2, -0.15) is 10.2 Å². The van der Waals surface area contributed by atoms with Crippen LogP contribution in [-0.4, -0.2) is 43.2 Å². The Labute approximate surface area is 138 Å². The van der Waals surface area contributed by atoms with Gasteiger partial charge in [-0.3, -0.25) is 9.78 Å². The Bertz CT molecular complexity index is 860. The van der Waals surface area contributed by atoms with Crippen LogP contribution in [0.3, 0.4) is 0 Å². The third kappa shape index (κ3) is 2.52. The minimum Gasteiger partial charge on any atom is -0.381 e. The molecule has 3 aromatic heterocycles. The van der Waals surface area contributed by atoms with Crippen LogP contribution in [0.4, 0.5) is 11.5 Å². The van der Waals surface area contributed by atoms with Gasteiger partial charge in [-0.1, -0.05) is 0 Å². The number of nitrogens with zero attached hydrogens (tertiary/aromatic N) is 5. The summed E-state index contributed by atoms with van der Waals surface area (Å²) in [5.74, 6) is 2.17. The van der Waals surface area contributed by atoms with Gasteiger partial charge in [-0.15, -0.1) is 0 Å². The molecule has 2 aliphatic rings. The van der Waals surface area contributed by atoms with Gasteiger partial charge in [-0.05, 0) is 25.7 Å². The van der Waals surface area contributed by atoms with Crippen LogP contribution in [0.2, 0.25) is 0 Å². The lowest BCUT2D eigenvalue weighted by Gasteiger charge is -2.22. The van der Waals surface area contributed by atoms with E-state index in [1.165, 1.54) is 12.8 Å². The first-order chi connectivity index (χ1) is 11.9. The summed E-state index contributed by atoms with van der Waals surface area (Å²) in [5.41, 5.74) is 2.61. The van der Waals surface area contributed by atoms with E-state index >= 15 is 0 Å².